The standard InChI is InChI=1S/C28H25ClN4O2S/c29-18-13-14-21-20(16-18)28(24(34)30-21)27(25(35)33(26(36)31-27)19-10-5-2-6-11-19)23(17-8-3-1-4-9-17)22-12-7-15-32(22)28/h1-6,8-11,13-14,16,20-23H,7,12,15H2,(H,30,34)(H,31,36)/t20-,21?,22?,23-,27-,28-/m1/s1. The third-order valence-corrected chi connectivity index (χ3v) is 9.28. The summed E-state index contributed by atoms with van der Waals surface area (Å²) in [4.78, 5) is 33.1. The van der Waals surface area contributed by atoms with Crippen molar-refractivity contribution >= 4 is 46.4 Å². The highest BCUT2D eigenvalue weighted by atomic mass is 35.5. The first kappa shape index (κ1) is 22.2. The van der Waals surface area contributed by atoms with E-state index in [1.54, 1.807) is 4.90 Å². The molecule has 7 rings (SSSR count). The number of amides is 2. The Labute approximate surface area is 220 Å². The Morgan fingerprint density at radius 2 is 1.75 bits per heavy atom. The quantitative estimate of drug-likeness (QED) is 0.599. The molecule has 2 spiro atoms. The van der Waals surface area contributed by atoms with Gasteiger partial charge in [-0.05, 0) is 55.4 Å². The molecule has 0 saturated carbocycles. The molecule has 8 heteroatoms. The van der Waals surface area contributed by atoms with Crippen LogP contribution in [0, 0.1) is 5.92 Å². The first-order chi connectivity index (χ1) is 17.5. The number of nitrogens with one attached hydrogen (secondary N) is 2. The highest BCUT2D eigenvalue weighted by Gasteiger charge is 2.82. The van der Waals surface area contributed by atoms with Gasteiger partial charge >= 0.3 is 0 Å². The number of nitrogens with zero attached hydrogens (tertiary/aromatic N) is 2. The Bertz CT molecular complexity index is 1350. The Kier molecular flexibility index (Phi) is 4.78. The van der Waals surface area contributed by atoms with E-state index in [9.17, 15) is 9.59 Å². The van der Waals surface area contributed by atoms with Crippen LogP contribution < -0.4 is 15.5 Å². The Morgan fingerprint density at radius 1 is 1.03 bits per heavy atom. The van der Waals surface area contributed by atoms with Crippen molar-refractivity contribution in [1.82, 2.24) is 15.5 Å². The van der Waals surface area contributed by atoms with Crippen LogP contribution in [-0.4, -0.2) is 51.5 Å². The molecule has 2 N–H and O–H groups in total. The Hall–Kier alpha value is -3.00. The molecular weight excluding hydrogens is 492 g/mol. The van der Waals surface area contributed by atoms with Gasteiger partial charge in [0.2, 0.25) is 5.91 Å². The van der Waals surface area contributed by atoms with Gasteiger partial charge in [0.1, 0.15) is 5.54 Å². The van der Waals surface area contributed by atoms with Crippen LogP contribution in [0.3, 0.4) is 0 Å². The molecule has 0 aromatic heterocycles. The lowest BCUT2D eigenvalue weighted by Crippen LogP contribution is -2.73. The van der Waals surface area contributed by atoms with E-state index < -0.39 is 11.1 Å². The maximum absolute atomic E-state index is 14.9. The smallest absolute Gasteiger partial charge is 0.262 e. The Morgan fingerprint density at radius 3 is 2.50 bits per heavy atom. The van der Waals surface area contributed by atoms with E-state index in [1.165, 1.54) is 0 Å². The topological polar surface area (TPSA) is 64.7 Å². The molecule has 5 aliphatic rings. The monoisotopic (exact) mass is 516 g/mol. The second-order valence-electron chi connectivity index (χ2n) is 10.2. The zero-order valence-electron chi connectivity index (χ0n) is 19.4. The first-order valence-corrected chi connectivity index (χ1v) is 13.2. The van der Waals surface area contributed by atoms with Gasteiger partial charge in [-0.1, -0.05) is 72.3 Å². The number of rotatable bonds is 2. The van der Waals surface area contributed by atoms with E-state index >= 15 is 0 Å². The van der Waals surface area contributed by atoms with Crippen molar-refractivity contribution in [2.75, 3.05) is 11.4 Å². The molecule has 1 aliphatic carbocycles. The highest BCUT2D eigenvalue weighted by Crippen LogP contribution is 2.62. The lowest BCUT2D eigenvalue weighted by molar-refractivity contribution is -0.139. The maximum atomic E-state index is 14.9. The molecule has 0 radical (unpaired) electrons. The molecule has 4 fully saturated rings. The summed E-state index contributed by atoms with van der Waals surface area (Å²) in [5.41, 5.74) is -0.760. The number of allylic oxidation sites excluding steroid dienone is 2. The van der Waals surface area contributed by atoms with Gasteiger partial charge in [-0.15, -0.1) is 0 Å². The van der Waals surface area contributed by atoms with Crippen LogP contribution in [0.2, 0.25) is 0 Å². The van der Waals surface area contributed by atoms with Crippen molar-refractivity contribution < 1.29 is 9.59 Å². The molecular formula is C28H25ClN4O2S. The summed E-state index contributed by atoms with van der Waals surface area (Å²) in [7, 11) is 0. The van der Waals surface area contributed by atoms with Crippen molar-refractivity contribution in [2.45, 2.75) is 41.9 Å². The minimum Gasteiger partial charge on any atom is -0.347 e. The number of thiocarbonyl (C=S) groups is 1. The second kappa shape index (κ2) is 7.75. The summed E-state index contributed by atoms with van der Waals surface area (Å²) in [6.45, 7) is 0.731. The molecule has 36 heavy (non-hydrogen) atoms. The summed E-state index contributed by atoms with van der Waals surface area (Å²) < 4.78 is 0. The van der Waals surface area contributed by atoms with E-state index in [1.807, 2.05) is 66.8 Å². The molecule has 0 bridgehead atoms. The van der Waals surface area contributed by atoms with Crippen LogP contribution >= 0.6 is 23.8 Å². The fourth-order valence-corrected chi connectivity index (χ4v) is 8.19. The van der Waals surface area contributed by atoms with E-state index in [0.29, 0.717) is 15.8 Å². The maximum Gasteiger partial charge on any atom is 0.262 e. The number of carbonyl (C=O) groups is 2. The predicted octanol–water partition coefficient (Wildman–Crippen LogP) is 3.45. The molecule has 6 nitrogen and oxygen atoms in total. The summed E-state index contributed by atoms with van der Waals surface area (Å²) in [5, 5.41) is 7.64. The van der Waals surface area contributed by atoms with E-state index in [4.69, 9.17) is 23.8 Å². The summed E-state index contributed by atoms with van der Waals surface area (Å²) in [5.74, 6) is -0.930. The lowest BCUT2D eigenvalue weighted by atomic mass is 9.62. The molecule has 6 atom stereocenters. The molecule has 4 aliphatic heterocycles. The first-order valence-electron chi connectivity index (χ1n) is 12.4. The molecule has 2 aromatic carbocycles. The molecule has 2 unspecified atom stereocenters. The van der Waals surface area contributed by atoms with Crippen molar-refractivity contribution in [3.63, 3.8) is 0 Å². The van der Waals surface area contributed by atoms with Crippen LogP contribution in [0.5, 0.6) is 0 Å². The summed E-state index contributed by atoms with van der Waals surface area (Å²) in [6.07, 6.45) is 7.59. The number of hydrogen-bond donors (Lipinski definition) is 2. The number of carbonyl (C=O) groups excluding carboxylic acids is 2. The zero-order valence-corrected chi connectivity index (χ0v) is 21.0. The van der Waals surface area contributed by atoms with Gasteiger partial charge in [0.05, 0.1) is 11.7 Å². The van der Waals surface area contributed by atoms with Gasteiger partial charge in [0.25, 0.3) is 5.91 Å². The number of para-hydroxylation sites is 1. The number of hydrogen-bond acceptors (Lipinski definition) is 4. The third-order valence-electron chi connectivity index (χ3n) is 8.74. The average molecular weight is 517 g/mol. The van der Waals surface area contributed by atoms with Crippen molar-refractivity contribution in [3.8, 4) is 0 Å². The number of benzene rings is 2. The van der Waals surface area contributed by atoms with Gasteiger partial charge in [-0.25, -0.2) is 0 Å². The van der Waals surface area contributed by atoms with Crippen LogP contribution in [-0.2, 0) is 9.59 Å². The summed E-state index contributed by atoms with van der Waals surface area (Å²) >= 11 is 12.4. The second-order valence-corrected chi connectivity index (χ2v) is 11.0. The van der Waals surface area contributed by atoms with Gasteiger partial charge in [-0.3, -0.25) is 19.4 Å². The molecule has 2 aromatic rings. The zero-order chi connectivity index (χ0) is 24.7. The third kappa shape index (κ3) is 2.58. The largest absolute Gasteiger partial charge is 0.347 e. The molecule has 4 heterocycles. The van der Waals surface area contributed by atoms with Crippen LogP contribution in [0.25, 0.3) is 0 Å². The van der Waals surface area contributed by atoms with Crippen LogP contribution in [0.1, 0.15) is 24.3 Å². The van der Waals surface area contributed by atoms with Gasteiger partial charge < -0.3 is 10.6 Å². The number of halogens is 1. The molecule has 2 amide bonds. The minimum absolute atomic E-state index is 0.00459. The van der Waals surface area contributed by atoms with Crippen molar-refractivity contribution in [3.05, 3.63) is 89.5 Å². The lowest BCUT2D eigenvalue weighted by Gasteiger charge is -2.46. The fraction of sp³-hybridized carbons (Fsp3) is 0.321. The number of anilines is 1. The van der Waals surface area contributed by atoms with Gasteiger partial charge in [0, 0.05) is 22.9 Å². The predicted molar refractivity (Wildman–Crippen MR) is 143 cm³/mol. The molecule has 182 valence electrons. The summed E-state index contributed by atoms with van der Waals surface area (Å²) in [6, 6.07) is 19.3. The average Bonchev–Trinajstić information content (AvgIpc) is 3.59. The highest BCUT2D eigenvalue weighted by molar-refractivity contribution is 7.80. The number of fused-ring (bicyclic) bond motifs is 5. The van der Waals surface area contributed by atoms with E-state index in [2.05, 4.69) is 27.7 Å². The SMILES string of the molecule is O=C1N(c2ccccc2)C(=S)N[C@]12[C@H](c1ccccc1)C1CCCN1[C@]21C(=O)NC2C=CC(Cl)=C[C@H]21. The van der Waals surface area contributed by atoms with Crippen molar-refractivity contribution in [1.29, 1.82) is 0 Å². The van der Waals surface area contributed by atoms with Crippen molar-refractivity contribution in [2.24, 2.45) is 5.92 Å². The van der Waals surface area contributed by atoms with Gasteiger partial charge in [-0.2, -0.15) is 0 Å². The molecule has 4 saturated heterocycles. The Balaban J connectivity index is 1.52. The van der Waals surface area contributed by atoms with E-state index in [0.717, 1.165) is 24.9 Å². The van der Waals surface area contributed by atoms with E-state index in [-0.39, 0.29) is 35.7 Å². The van der Waals surface area contributed by atoms with Gasteiger partial charge in [0.15, 0.2) is 10.7 Å². The van der Waals surface area contributed by atoms with Crippen LogP contribution in [0.15, 0.2) is 83.9 Å². The fourth-order valence-electron chi connectivity index (χ4n) is 7.63. The minimum atomic E-state index is -1.30. The normalized spacial score (nSPS) is 36.9. The van der Waals surface area contributed by atoms with Crippen LogP contribution in [0.4, 0.5) is 5.69 Å².